The lowest BCUT2D eigenvalue weighted by Gasteiger charge is -1.98. The monoisotopic (exact) mass is 339 g/mol. The van der Waals surface area contributed by atoms with E-state index in [0.717, 1.165) is 32.4 Å². The van der Waals surface area contributed by atoms with Gasteiger partial charge in [0.1, 0.15) is 9.84 Å². The molecule has 6 heteroatoms. The summed E-state index contributed by atoms with van der Waals surface area (Å²) < 4.78 is 1.87. The molecule has 4 nitrogen and oxygen atoms in total. The van der Waals surface area contributed by atoms with Crippen LogP contribution in [0.15, 0.2) is 41.9 Å². The number of nitrogens with zero attached hydrogens (tertiary/aromatic N) is 3. The lowest BCUT2D eigenvalue weighted by molar-refractivity contribution is 0.102. The van der Waals surface area contributed by atoms with Gasteiger partial charge in [-0.15, -0.1) is 22.7 Å². The molecule has 1 aromatic carbocycles. The minimum absolute atomic E-state index is 0.0415. The molecule has 3 heterocycles. The molecule has 0 unspecified atom stereocenters. The largest absolute Gasteiger partial charge is 0.294 e. The molecular formula is C17H13N3OS2. The summed E-state index contributed by atoms with van der Waals surface area (Å²) in [5.74, 6) is 0.0415. The van der Waals surface area contributed by atoms with E-state index in [0.29, 0.717) is 4.88 Å². The summed E-state index contributed by atoms with van der Waals surface area (Å²) >= 11 is 3.08. The second-order valence-electron chi connectivity index (χ2n) is 5.23. The number of aromatic nitrogens is 3. The van der Waals surface area contributed by atoms with Crippen molar-refractivity contribution in [3.8, 4) is 21.8 Å². The average molecular weight is 339 g/mol. The highest BCUT2D eigenvalue weighted by Gasteiger charge is 2.21. The molecule has 114 valence electrons. The van der Waals surface area contributed by atoms with Crippen LogP contribution >= 0.6 is 22.7 Å². The SMILES string of the molecule is CC(=O)c1sc(-c2c(C)nn3ccsc23)nc1-c1ccccc1. The molecule has 0 atom stereocenters. The van der Waals surface area contributed by atoms with Gasteiger partial charge in [0.05, 0.1) is 21.8 Å². The van der Waals surface area contributed by atoms with Gasteiger partial charge in [-0.3, -0.25) is 4.79 Å². The van der Waals surface area contributed by atoms with Gasteiger partial charge >= 0.3 is 0 Å². The average Bonchev–Trinajstić information content (AvgIpc) is 3.21. The maximum Gasteiger partial charge on any atom is 0.172 e. The summed E-state index contributed by atoms with van der Waals surface area (Å²) in [6.45, 7) is 3.57. The van der Waals surface area contributed by atoms with Crippen molar-refractivity contribution in [2.24, 2.45) is 0 Å². The predicted octanol–water partition coefficient (Wildman–Crippen LogP) is 4.70. The smallest absolute Gasteiger partial charge is 0.172 e. The molecule has 0 fully saturated rings. The normalized spacial score (nSPS) is 11.2. The van der Waals surface area contributed by atoms with E-state index >= 15 is 0 Å². The predicted molar refractivity (Wildman–Crippen MR) is 94.4 cm³/mol. The Morgan fingerprint density at radius 2 is 2.00 bits per heavy atom. The topological polar surface area (TPSA) is 47.3 Å². The van der Waals surface area contributed by atoms with Crippen LogP contribution < -0.4 is 0 Å². The van der Waals surface area contributed by atoms with Gasteiger partial charge in [-0.2, -0.15) is 5.10 Å². The van der Waals surface area contributed by atoms with Crippen LogP contribution in [0.2, 0.25) is 0 Å². The summed E-state index contributed by atoms with van der Waals surface area (Å²) in [4.78, 5) is 18.6. The first-order chi connectivity index (χ1) is 11.1. The minimum Gasteiger partial charge on any atom is -0.294 e. The number of aryl methyl sites for hydroxylation is 1. The number of carbonyl (C=O) groups is 1. The highest BCUT2D eigenvalue weighted by atomic mass is 32.1. The Morgan fingerprint density at radius 1 is 1.22 bits per heavy atom. The summed E-state index contributed by atoms with van der Waals surface area (Å²) in [7, 11) is 0. The van der Waals surface area contributed by atoms with E-state index in [1.54, 1.807) is 18.3 Å². The lowest BCUT2D eigenvalue weighted by atomic mass is 10.1. The van der Waals surface area contributed by atoms with Gasteiger partial charge in [0, 0.05) is 24.1 Å². The first kappa shape index (κ1) is 14.3. The molecule has 0 aliphatic rings. The second kappa shape index (κ2) is 5.40. The highest BCUT2D eigenvalue weighted by molar-refractivity contribution is 7.19. The van der Waals surface area contributed by atoms with Crippen molar-refractivity contribution < 1.29 is 4.79 Å². The third-order valence-corrected chi connectivity index (χ3v) is 5.68. The molecule has 4 aromatic rings. The molecule has 0 saturated heterocycles. The van der Waals surface area contributed by atoms with Crippen LogP contribution in [0.1, 0.15) is 22.3 Å². The summed E-state index contributed by atoms with van der Waals surface area (Å²) in [5, 5.41) is 7.37. The standard InChI is InChI=1S/C17H13N3OS2/c1-10-13(17-20(19-10)8-9-22-17)16-18-14(15(23-16)11(2)21)12-6-4-3-5-7-12/h3-9H,1-2H3. The van der Waals surface area contributed by atoms with Crippen molar-refractivity contribution in [2.75, 3.05) is 0 Å². The number of ketones is 1. The van der Waals surface area contributed by atoms with E-state index in [-0.39, 0.29) is 5.78 Å². The first-order valence-corrected chi connectivity index (χ1v) is 8.84. The number of fused-ring (bicyclic) bond motifs is 1. The van der Waals surface area contributed by atoms with Gasteiger partial charge in [-0.1, -0.05) is 30.3 Å². The minimum atomic E-state index is 0.0415. The van der Waals surface area contributed by atoms with Gasteiger partial charge in [-0.05, 0) is 6.92 Å². The zero-order chi connectivity index (χ0) is 16.0. The second-order valence-corrected chi connectivity index (χ2v) is 7.13. The van der Waals surface area contributed by atoms with Crippen molar-refractivity contribution in [1.29, 1.82) is 0 Å². The number of hydrogen-bond donors (Lipinski definition) is 0. The van der Waals surface area contributed by atoms with Crippen molar-refractivity contribution in [1.82, 2.24) is 14.6 Å². The maximum atomic E-state index is 12.1. The van der Waals surface area contributed by atoms with Crippen molar-refractivity contribution in [2.45, 2.75) is 13.8 Å². The zero-order valence-corrected chi connectivity index (χ0v) is 14.2. The Bertz CT molecular complexity index is 1010. The fraction of sp³-hybridized carbons (Fsp3) is 0.118. The van der Waals surface area contributed by atoms with Crippen LogP contribution in [-0.4, -0.2) is 20.4 Å². The molecule has 0 saturated carbocycles. The molecule has 3 aromatic heterocycles. The maximum absolute atomic E-state index is 12.1. The third-order valence-electron chi connectivity index (χ3n) is 3.63. The molecule has 23 heavy (non-hydrogen) atoms. The Balaban J connectivity index is 1.96. The van der Waals surface area contributed by atoms with E-state index in [1.165, 1.54) is 11.3 Å². The molecule has 0 N–H and O–H groups in total. The van der Waals surface area contributed by atoms with Crippen molar-refractivity contribution in [3.63, 3.8) is 0 Å². The van der Waals surface area contributed by atoms with Gasteiger partial charge in [0.25, 0.3) is 0 Å². The van der Waals surface area contributed by atoms with Crippen molar-refractivity contribution >= 4 is 33.3 Å². The first-order valence-electron chi connectivity index (χ1n) is 7.15. The fourth-order valence-corrected chi connectivity index (χ4v) is 4.62. The molecular weight excluding hydrogens is 326 g/mol. The summed E-state index contributed by atoms with van der Waals surface area (Å²) in [5.41, 5.74) is 3.68. The van der Waals surface area contributed by atoms with Gasteiger partial charge in [0.2, 0.25) is 0 Å². The number of benzene rings is 1. The molecule has 0 amide bonds. The summed E-state index contributed by atoms with van der Waals surface area (Å²) in [6, 6.07) is 9.84. The van der Waals surface area contributed by atoms with E-state index in [2.05, 4.69) is 5.10 Å². The number of hydrogen-bond acceptors (Lipinski definition) is 5. The highest BCUT2D eigenvalue weighted by Crippen LogP contribution is 2.38. The van der Waals surface area contributed by atoms with E-state index in [4.69, 9.17) is 4.98 Å². The van der Waals surface area contributed by atoms with Crippen LogP contribution in [0.25, 0.3) is 26.7 Å². The Hall–Kier alpha value is -2.31. The number of carbonyl (C=O) groups excluding carboxylic acids is 1. The van der Waals surface area contributed by atoms with Crippen LogP contribution in [0.3, 0.4) is 0 Å². The van der Waals surface area contributed by atoms with Crippen LogP contribution in [0.5, 0.6) is 0 Å². The lowest BCUT2D eigenvalue weighted by Crippen LogP contribution is -1.91. The molecule has 4 rings (SSSR count). The van der Waals surface area contributed by atoms with Crippen LogP contribution in [0.4, 0.5) is 0 Å². The zero-order valence-electron chi connectivity index (χ0n) is 12.6. The summed E-state index contributed by atoms with van der Waals surface area (Å²) in [6.07, 6.45) is 1.94. The quantitative estimate of drug-likeness (QED) is 0.508. The van der Waals surface area contributed by atoms with Crippen molar-refractivity contribution in [3.05, 3.63) is 52.5 Å². The number of Topliss-reactive ketones (excluding diaryl/α,β-unsaturated/α-hetero) is 1. The molecule has 0 aliphatic carbocycles. The Morgan fingerprint density at radius 3 is 2.74 bits per heavy atom. The fourth-order valence-electron chi connectivity index (χ4n) is 2.60. The van der Waals surface area contributed by atoms with Crippen LogP contribution in [0, 0.1) is 6.92 Å². The molecule has 0 aliphatic heterocycles. The van der Waals surface area contributed by atoms with E-state index in [1.807, 2.05) is 53.3 Å². The molecule has 0 radical (unpaired) electrons. The van der Waals surface area contributed by atoms with E-state index < -0.39 is 0 Å². The molecule has 0 bridgehead atoms. The van der Waals surface area contributed by atoms with Gasteiger partial charge in [-0.25, -0.2) is 9.50 Å². The Kier molecular flexibility index (Phi) is 3.36. The number of rotatable bonds is 3. The third kappa shape index (κ3) is 2.31. The van der Waals surface area contributed by atoms with Gasteiger partial charge < -0.3 is 0 Å². The Labute approximate surface area is 141 Å². The molecule has 0 spiro atoms. The van der Waals surface area contributed by atoms with Gasteiger partial charge in [0.15, 0.2) is 5.78 Å². The van der Waals surface area contributed by atoms with Crippen LogP contribution in [-0.2, 0) is 0 Å². The number of thiazole rings is 2. The van der Waals surface area contributed by atoms with E-state index in [9.17, 15) is 4.79 Å².